The minimum Gasteiger partial charge on any atom is -0.486 e. The fraction of sp³-hybridized carbons (Fsp3) is 0.316. The number of ketones is 1. The number of ether oxygens (including phenoxy) is 1. The van der Waals surface area contributed by atoms with E-state index in [9.17, 15) is 18.0 Å². The lowest BCUT2D eigenvalue weighted by Crippen LogP contribution is -2.40. The number of hydrogen-bond donors (Lipinski definition) is 1. The van der Waals surface area contributed by atoms with Gasteiger partial charge in [0.2, 0.25) is 0 Å². The van der Waals surface area contributed by atoms with Crippen LogP contribution in [0.3, 0.4) is 0 Å². The minimum absolute atomic E-state index is 0.0215. The molecule has 0 saturated heterocycles. The van der Waals surface area contributed by atoms with E-state index in [1.54, 1.807) is 0 Å². The highest BCUT2D eigenvalue weighted by Gasteiger charge is 2.47. The molecule has 0 spiro atoms. The molecular formula is C19H16F3NO2. The van der Waals surface area contributed by atoms with E-state index in [1.807, 2.05) is 25.1 Å². The van der Waals surface area contributed by atoms with Gasteiger partial charge in [-0.05, 0) is 42.3 Å². The Kier molecular flexibility index (Phi) is 3.52. The third-order valence-corrected chi connectivity index (χ3v) is 4.84. The van der Waals surface area contributed by atoms with Crippen molar-refractivity contribution in [2.24, 2.45) is 0 Å². The zero-order valence-electron chi connectivity index (χ0n) is 13.4. The highest BCUT2D eigenvalue weighted by Crippen LogP contribution is 2.43. The maximum atomic E-state index is 12.7. The number of Topliss-reactive ketones (excluding diaryl/α,β-unsaturated/α-hetero) is 1. The van der Waals surface area contributed by atoms with Crippen LogP contribution in [0.1, 0.15) is 29.0 Å². The smallest absolute Gasteiger partial charge is 0.416 e. The van der Waals surface area contributed by atoms with Crippen molar-refractivity contribution in [1.82, 2.24) is 0 Å². The topological polar surface area (TPSA) is 38.3 Å². The molecule has 1 saturated carbocycles. The summed E-state index contributed by atoms with van der Waals surface area (Å²) in [5.74, 6) is 0.167. The Labute approximate surface area is 142 Å². The lowest BCUT2D eigenvalue weighted by molar-refractivity contribution is -0.137. The highest BCUT2D eigenvalue weighted by molar-refractivity contribution is 5.91. The SMILES string of the molecule is Cc1ccc2c(c1)N[C@@H]1[C@@H](CC(=O)[C@H]1c1ccc(C(F)(F)F)cc1)O2. The number of nitrogens with one attached hydrogen (secondary N) is 1. The largest absolute Gasteiger partial charge is 0.486 e. The molecule has 0 unspecified atom stereocenters. The van der Waals surface area contributed by atoms with Crippen LogP contribution in [0.2, 0.25) is 0 Å². The van der Waals surface area contributed by atoms with Crippen molar-refractivity contribution >= 4 is 11.5 Å². The van der Waals surface area contributed by atoms with Gasteiger partial charge in [-0.2, -0.15) is 13.2 Å². The first kappa shape index (κ1) is 16.0. The van der Waals surface area contributed by atoms with Gasteiger partial charge in [-0.25, -0.2) is 0 Å². The highest BCUT2D eigenvalue weighted by atomic mass is 19.4. The Bertz CT molecular complexity index is 830. The second kappa shape index (κ2) is 5.51. The van der Waals surface area contributed by atoms with E-state index in [0.717, 1.165) is 23.4 Å². The van der Waals surface area contributed by atoms with E-state index < -0.39 is 17.7 Å². The molecule has 0 amide bonds. The van der Waals surface area contributed by atoms with Crippen molar-refractivity contribution in [3.05, 3.63) is 59.2 Å². The van der Waals surface area contributed by atoms with Crippen molar-refractivity contribution in [2.45, 2.75) is 37.6 Å². The number of aryl methyl sites for hydroxylation is 1. The lowest BCUT2D eigenvalue weighted by Gasteiger charge is -2.33. The van der Waals surface area contributed by atoms with Crippen LogP contribution >= 0.6 is 0 Å². The second-order valence-electron chi connectivity index (χ2n) is 6.59. The zero-order chi connectivity index (χ0) is 17.8. The van der Waals surface area contributed by atoms with E-state index >= 15 is 0 Å². The third-order valence-electron chi connectivity index (χ3n) is 4.84. The van der Waals surface area contributed by atoms with Crippen LogP contribution in [0.5, 0.6) is 5.75 Å². The fourth-order valence-corrected chi connectivity index (χ4v) is 3.63. The summed E-state index contributed by atoms with van der Waals surface area (Å²) in [6.45, 7) is 1.96. The number of halogens is 3. The fourth-order valence-electron chi connectivity index (χ4n) is 3.63. The van der Waals surface area contributed by atoms with E-state index in [0.29, 0.717) is 11.3 Å². The summed E-state index contributed by atoms with van der Waals surface area (Å²) in [6, 6.07) is 10.3. The van der Waals surface area contributed by atoms with Gasteiger partial charge in [0, 0.05) is 6.42 Å². The second-order valence-corrected chi connectivity index (χ2v) is 6.59. The van der Waals surface area contributed by atoms with Gasteiger partial charge in [0.1, 0.15) is 17.6 Å². The maximum absolute atomic E-state index is 12.7. The first-order valence-electron chi connectivity index (χ1n) is 8.06. The Hall–Kier alpha value is -2.50. The number of rotatable bonds is 1. The van der Waals surface area contributed by atoms with Crippen molar-refractivity contribution in [1.29, 1.82) is 0 Å². The van der Waals surface area contributed by atoms with Crippen LogP contribution in [0.25, 0.3) is 0 Å². The van der Waals surface area contributed by atoms with Gasteiger partial charge >= 0.3 is 6.18 Å². The van der Waals surface area contributed by atoms with Crippen LogP contribution < -0.4 is 10.1 Å². The average Bonchev–Trinajstić information content (AvgIpc) is 2.86. The zero-order valence-corrected chi connectivity index (χ0v) is 13.4. The first-order valence-corrected chi connectivity index (χ1v) is 8.06. The van der Waals surface area contributed by atoms with E-state index in [4.69, 9.17) is 4.74 Å². The van der Waals surface area contributed by atoms with Crippen molar-refractivity contribution < 1.29 is 22.7 Å². The molecule has 25 heavy (non-hydrogen) atoms. The molecule has 4 rings (SSSR count). The number of carbonyl (C=O) groups is 1. The predicted molar refractivity (Wildman–Crippen MR) is 86.8 cm³/mol. The van der Waals surface area contributed by atoms with Gasteiger partial charge in [0.15, 0.2) is 0 Å². The quantitative estimate of drug-likeness (QED) is 0.835. The van der Waals surface area contributed by atoms with Gasteiger partial charge in [0.05, 0.1) is 23.2 Å². The molecule has 0 aromatic heterocycles. The van der Waals surface area contributed by atoms with Gasteiger partial charge in [0.25, 0.3) is 0 Å². The molecule has 0 bridgehead atoms. The number of carbonyl (C=O) groups excluding carboxylic acids is 1. The summed E-state index contributed by atoms with van der Waals surface area (Å²) in [4.78, 5) is 12.5. The van der Waals surface area contributed by atoms with Crippen LogP contribution in [0.4, 0.5) is 18.9 Å². The first-order chi connectivity index (χ1) is 11.8. The standard InChI is InChI=1S/C19H16F3NO2/c1-10-2-7-15-13(8-10)23-18-16(25-15)9-14(24)17(18)11-3-5-12(6-4-11)19(20,21)22/h2-8,16-18,23H,9H2,1H3/t16-,17-,18-/m1/s1. The summed E-state index contributed by atoms with van der Waals surface area (Å²) in [7, 11) is 0. The van der Waals surface area contributed by atoms with Gasteiger partial charge in [-0.15, -0.1) is 0 Å². The average molecular weight is 347 g/mol. The summed E-state index contributed by atoms with van der Waals surface area (Å²) in [6.07, 6.45) is -4.45. The number of fused-ring (bicyclic) bond motifs is 2. The molecule has 1 heterocycles. The molecule has 130 valence electrons. The molecule has 2 aliphatic rings. The van der Waals surface area contributed by atoms with Crippen LogP contribution in [-0.2, 0) is 11.0 Å². The van der Waals surface area contributed by atoms with Crippen molar-refractivity contribution in [3.8, 4) is 5.75 Å². The van der Waals surface area contributed by atoms with Crippen LogP contribution in [0, 0.1) is 6.92 Å². The number of benzene rings is 2. The molecule has 1 aliphatic heterocycles. The third kappa shape index (κ3) is 2.75. The van der Waals surface area contributed by atoms with Crippen molar-refractivity contribution in [2.75, 3.05) is 5.32 Å². The monoisotopic (exact) mass is 347 g/mol. The Morgan fingerprint density at radius 3 is 2.52 bits per heavy atom. The number of alkyl halides is 3. The maximum Gasteiger partial charge on any atom is 0.416 e. The van der Waals surface area contributed by atoms with Crippen LogP contribution in [-0.4, -0.2) is 17.9 Å². The molecule has 0 radical (unpaired) electrons. The van der Waals surface area contributed by atoms with Gasteiger partial charge in [-0.1, -0.05) is 18.2 Å². The lowest BCUT2D eigenvalue weighted by atomic mass is 9.91. The molecule has 2 aromatic carbocycles. The van der Waals surface area contributed by atoms with Crippen LogP contribution in [0.15, 0.2) is 42.5 Å². The van der Waals surface area contributed by atoms with E-state index in [2.05, 4.69) is 5.32 Å². The molecule has 1 fully saturated rings. The molecule has 3 nitrogen and oxygen atoms in total. The normalized spacial score (nSPS) is 25.0. The Morgan fingerprint density at radius 1 is 1.12 bits per heavy atom. The Balaban J connectivity index is 1.65. The van der Waals surface area contributed by atoms with E-state index in [-0.39, 0.29) is 24.3 Å². The molecule has 2 aromatic rings. The van der Waals surface area contributed by atoms with Gasteiger partial charge < -0.3 is 10.1 Å². The summed E-state index contributed by atoms with van der Waals surface area (Å²) in [5.41, 5.74) is 1.74. The summed E-state index contributed by atoms with van der Waals surface area (Å²) in [5, 5.41) is 3.36. The van der Waals surface area contributed by atoms with E-state index in [1.165, 1.54) is 12.1 Å². The molecule has 1 N–H and O–H groups in total. The van der Waals surface area contributed by atoms with Gasteiger partial charge in [-0.3, -0.25) is 4.79 Å². The Morgan fingerprint density at radius 2 is 1.84 bits per heavy atom. The van der Waals surface area contributed by atoms with Crippen molar-refractivity contribution in [3.63, 3.8) is 0 Å². The predicted octanol–water partition coefficient (Wildman–Crippen LogP) is 4.31. The molecular weight excluding hydrogens is 331 g/mol. The summed E-state index contributed by atoms with van der Waals surface area (Å²) < 4.78 is 44.2. The summed E-state index contributed by atoms with van der Waals surface area (Å²) >= 11 is 0. The molecule has 6 heteroatoms. The number of hydrogen-bond acceptors (Lipinski definition) is 3. The molecule has 3 atom stereocenters. The minimum atomic E-state index is -4.39. The number of anilines is 1. The molecule has 1 aliphatic carbocycles.